The van der Waals surface area contributed by atoms with Gasteiger partial charge < -0.3 is 14.2 Å². The quantitative estimate of drug-likeness (QED) is 0.619. The minimum Gasteiger partial charge on any atom is -0.425 e. The number of hydrogen-bond acceptors (Lipinski definition) is 4. The van der Waals surface area contributed by atoms with Gasteiger partial charge in [-0.05, 0) is 24.6 Å². The van der Waals surface area contributed by atoms with E-state index in [0.717, 1.165) is 11.1 Å². The van der Waals surface area contributed by atoms with Crippen LogP contribution in [-0.4, -0.2) is 5.91 Å². The molecule has 2 aromatic heterocycles. The Morgan fingerprint density at radius 1 is 1.00 bits per heavy atom. The fraction of sp³-hybridized carbons (Fsp3) is 0.100. The van der Waals surface area contributed by atoms with Gasteiger partial charge in [-0.1, -0.05) is 42.0 Å². The van der Waals surface area contributed by atoms with E-state index in [1.165, 1.54) is 6.07 Å². The Balaban J connectivity index is 1.65. The maximum atomic E-state index is 12.5. The van der Waals surface area contributed by atoms with E-state index in [-0.39, 0.29) is 22.4 Å². The van der Waals surface area contributed by atoms with E-state index >= 15 is 0 Å². The summed E-state index contributed by atoms with van der Waals surface area (Å²) in [5.74, 6) is -0.278. The number of furan rings is 1. The van der Waals surface area contributed by atoms with E-state index in [0.29, 0.717) is 17.5 Å². The first-order valence-corrected chi connectivity index (χ1v) is 7.91. The molecule has 0 fully saturated rings. The number of carbonyl (C=O) groups excluding carboxylic acids is 1. The van der Waals surface area contributed by atoms with Gasteiger partial charge in [0, 0.05) is 12.6 Å². The lowest BCUT2D eigenvalue weighted by Gasteiger charge is -2.04. The van der Waals surface area contributed by atoms with Crippen LogP contribution in [0.4, 0.5) is 0 Å². The van der Waals surface area contributed by atoms with Crippen LogP contribution in [-0.2, 0) is 6.54 Å². The molecule has 0 unspecified atom stereocenters. The van der Waals surface area contributed by atoms with Gasteiger partial charge in [0.1, 0.15) is 11.0 Å². The summed E-state index contributed by atoms with van der Waals surface area (Å²) in [4.78, 5) is 24.8. The molecule has 0 saturated heterocycles. The zero-order valence-electron chi connectivity index (χ0n) is 13.5. The molecule has 4 aromatic rings. The normalized spacial score (nSPS) is 11.1. The summed E-state index contributed by atoms with van der Waals surface area (Å²) in [6.45, 7) is 2.37. The number of amides is 1. The molecular formula is C20H15NO4. The number of benzene rings is 2. The Hall–Kier alpha value is -3.34. The van der Waals surface area contributed by atoms with Crippen molar-refractivity contribution in [1.29, 1.82) is 0 Å². The van der Waals surface area contributed by atoms with Crippen molar-refractivity contribution in [3.8, 4) is 0 Å². The van der Waals surface area contributed by atoms with Gasteiger partial charge >= 0.3 is 5.78 Å². The average Bonchev–Trinajstić information content (AvgIpc) is 3.04. The molecule has 0 radical (unpaired) electrons. The third-order valence-corrected chi connectivity index (χ3v) is 4.04. The van der Waals surface area contributed by atoms with Gasteiger partial charge in [0.2, 0.25) is 5.43 Å². The number of carbonyl (C=O) groups is 1. The predicted octanol–water partition coefficient (Wildman–Crippen LogP) is 3.78. The summed E-state index contributed by atoms with van der Waals surface area (Å²) in [5, 5.41) is 3.51. The summed E-state index contributed by atoms with van der Waals surface area (Å²) in [6.07, 6.45) is 0. The van der Waals surface area contributed by atoms with Gasteiger partial charge in [-0.2, -0.15) is 0 Å². The first-order valence-electron chi connectivity index (χ1n) is 7.91. The topological polar surface area (TPSA) is 72.5 Å². The number of hydrogen-bond donors (Lipinski definition) is 1. The Kier molecular flexibility index (Phi) is 3.61. The van der Waals surface area contributed by atoms with E-state index < -0.39 is 5.91 Å². The highest BCUT2D eigenvalue weighted by Crippen LogP contribution is 2.21. The molecule has 1 amide bonds. The van der Waals surface area contributed by atoms with Crippen molar-refractivity contribution in [3.05, 3.63) is 81.7 Å². The molecule has 0 aliphatic carbocycles. The second-order valence-corrected chi connectivity index (χ2v) is 5.91. The maximum absolute atomic E-state index is 12.5. The van der Waals surface area contributed by atoms with Crippen molar-refractivity contribution in [1.82, 2.24) is 5.32 Å². The molecule has 0 spiro atoms. The van der Waals surface area contributed by atoms with Gasteiger partial charge in [0.25, 0.3) is 5.91 Å². The van der Waals surface area contributed by atoms with E-state index in [4.69, 9.17) is 8.83 Å². The summed E-state index contributed by atoms with van der Waals surface area (Å²) in [5.41, 5.74) is 2.33. The number of nitrogens with one attached hydrogen (secondary N) is 1. The number of aryl methyl sites for hydroxylation is 1. The molecule has 0 bridgehead atoms. The van der Waals surface area contributed by atoms with E-state index in [1.54, 1.807) is 24.3 Å². The van der Waals surface area contributed by atoms with Crippen molar-refractivity contribution < 1.29 is 13.6 Å². The molecule has 2 heterocycles. The summed E-state index contributed by atoms with van der Waals surface area (Å²) < 4.78 is 11.0. The van der Waals surface area contributed by atoms with Crippen LogP contribution in [0.1, 0.15) is 21.7 Å². The van der Waals surface area contributed by atoms with E-state index in [1.807, 2.05) is 31.2 Å². The molecule has 25 heavy (non-hydrogen) atoms. The molecule has 0 aliphatic heterocycles. The molecular weight excluding hydrogens is 318 g/mol. The smallest absolute Gasteiger partial charge is 0.302 e. The van der Waals surface area contributed by atoms with Crippen LogP contribution in [0.5, 0.6) is 0 Å². The second-order valence-electron chi connectivity index (χ2n) is 5.91. The van der Waals surface area contributed by atoms with Crippen molar-refractivity contribution >= 4 is 28.0 Å². The molecule has 5 nitrogen and oxygen atoms in total. The maximum Gasteiger partial charge on any atom is 0.302 e. The summed E-state index contributed by atoms with van der Waals surface area (Å²) in [6, 6.07) is 16.2. The van der Waals surface area contributed by atoms with E-state index in [9.17, 15) is 9.59 Å². The molecule has 0 atom stereocenters. The second kappa shape index (κ2) is 5.94. The Labute approximate surface area is 142 Å². The predicted molar refractivity (Wildman–Crippen MR) is 94.6 cm³/mol. The van der Waals surface area contributed by atoms with Crippen LogP contribution >= 0.6 is 0 Å². The number of rotatable bonds is 3. The van der Waals surface area contributed by atoms with Crippen molar-refractivity contribution in [2.45, 2.75) is 13.5 Å². The van der Waals surface area contributed by atoms with Crippen LogP contribution in [0.15, 0.2) is 68.2 Å². The monoisotopic (exact) mass is 333 g/mol. The Morgan fingerprint density at radius 3 is 2.68 bits per heavy atom. The van der Waals surface area contributed by atoms with Crippen LogP contribution in [0.25, 0.3) is 22.1 Å². The first-order chi connectivity index (χ1) is 12.1. The Morgan fingerprint density at radius 2 is 1.84 bits per heavy atom. The summed E-state index contributed by atoms with van der Waals surface area (Å²) in [7, 11) is 0. The van der Waals surface area contributed by atoms with Gasteiger partial charge in [-0.25, -0.2) is 0 Å². The van der Waals surface area contributed by atoms with E-state index in [2.05, 4.69) is 5.32 Å². The molecule has 0 saturated carbocycles. The largest absolute Gasteiger partial charge is 0.425 e. The molecule has 4 rings (SSSR count). The lowest BCUT2D eigenvalue weighted by molar-refractivity contribution is 0.0923. The van der Waals surface area contributed by atoms with Crippen molar-refractivity contribution in [2.24, 2.45) is 0 Å². The highest BCUT2D eigenvalue weighted by Gasteiger charge is 2.17. The minimum absolute atomic E-state index is 0.0545. The van der Waals surface area contributed by atoms with Crippen molar-refractivity contribution in [3.63, 3.8) is 0 Å². The fourth-order valence-corrected chi connectivity index (χ4v) is 2.80. The molecule has 2 aromatic carbocycles. The third kappa shape index (κ3) is 2.80. The minimum atomic E-state index is -0.392. The standard InChI is InChI=1S/C20H15NO4/c1-12-5-4-6-13(9-12)11-21-19(23)17-10-15-18(22)14-7-2-3-8-16(14)24-20(15)25-17/h2-10H,11H2,1H3,(H,21,23). The van der Waals surface area contributed by atoms with Crippen LogP contribution in [0.2, 0.25) is 0 Å². The van der Waals surface area contributed by atoms with Gasteiger partial charge in [-0.15, -0.1) is 0 Å². The highest BCUT2D eigenvalue weighted by atomic mass is 16.5. The number of para-hydroxylation sites is 1. The fourth-order valence-electron chi connectivity index (χ4n) is 2.80. The molecule has 0 aliphatic rings. The van der Waals surface area contributed by atoms with Crippen LogP contribution < -0.4 is 10.7 Å². The van der Waals surface area contributed by atoms with Gasteiger partial charge in [0.15, 0.2) is 5.76 Å². The zero-order valence-corrected chi connectivity index (χ0v) is 13.5. The highest BCUT2D eigenvalue weighted by molar-refractivity contribution is 5.97. The van der Waals surface area contributed by atoms with Crippen LogP contribution in [0, 0.1) is 6.92 Å². The lowest BCUT2D eigenvalue weighted by atomic mass is 10.1. The van der Waals surface area contributed by atoms with Crippen LogP contribution in [0.3, 0.4) is 0 Å². The Bertz CT molecular complexity index is 1150. The van der Waals surface area contributed by atoms with Crippen molar-refractivity contribution in [2.75, 3.05) is 0 Å². The molecule has 124 valence electrons. The van der Waals surface area contributed by atoms with Gasteiger partial charge in [0.05, 0.1) is 5.39 Å². The average molecular weight is 333 g/mol. The summed E-state index contributed by atoms with van der Waals surface area (Å²) >= 11 is 0. The van der Waals surface area contributed by atoms with Gasteiger partial charge in [-0.3, -0.25) is 9.59 Å². The third-order valence-electron chi connectivity index (χ3n) is 4.04. The first kappa shape index (κ1) is 15.2. The number of fused-ring (bicyclic) bond motifs is 2. The molecule has 5 heteroatoms. The lowest BCUT2D eigenvalue weighted by Crippen LogP contribution is -2.22. The zero-order chi connectivity index (χ0) is 17.4. The molecule has 1 N–H and O–H groups in total. The SMILES string of the molecule is Cc1cccc(CNC(=O)c2cc3c(=O)c4ccccc4oc3o2)c1.